The van der Waals surface area contributed by atoms with Crippen LogP contribution in [0.1, 0.15) is 54.7 Å². The van der Waals surface area contributed by atoms with E-state index in [4.69, 9.17) is 23.7 Å². The van der Waals surface area contributed by atoms with Crippen LogP contribution in [0.15, 0.2) is 0 Å². The van der Waals surface area contributed by atoms with Gasteiger partial charge in [0, 0.05) is 0 Å². The van der Waals surface area contributed by atoms with Gasteiger partial charge in [0.2, 0.25) is 5.69 Å². The van der Waals surface area contributed by atoms with E-state index in [1.54, 1.807) is 27.7 Å². The van der Waals surface area contributed by atoms with Crippen LogP contribution in [-0.2, 0) is 23.7 Å². The Kier molecular flexibility index (Phi) is 5.47. The van der Waals surface area contributed by atoms with Gasteiger partial charge in [0.25, 0.3) is 0 Å². The molecule has 3 heterocycles. The highest BCUT2D eigenvalue weighted by molar-refractivity contribution is 6.00. The molecule has 11 heteroatoms. The van der Waals surface area contributed by atoms with Crippen molar-refractivity contribution in [1.29, 1.82) is 0 Å². The van der Waals surface area contributed by atoms with Crippen LogP contribution in [0.5, 0.6) is 0 Å². The Bertz CT molecular complexity index is 719. The monoisotopic (exact) mass is 385 g/mol. The third kappa shape index (κ3) is 3.55. The SMILES string of the molecule is CCOC(=O)c1nnn([C@@H]2[C@H]3OC(C)(C)O[C@H]3O[C@@H]2CO)c1C(=O)OCC. The van der Waals surface area contributed by atoms with Crippen molar-refractivity contribution >= 4 is 11.9 Å². The van der Waals surface area contributed by atoms with Crippen LogP contribution in [-0.4, -0.2) is 76.1 Å². The maximum absolute atomic E-state index is 12.5. The maximum Gasteiger partial charge on any atom is 0.361 e. The molecule has 1 aromatic heterocycles. The Balaban J connectivity index is 2.04. The molecule has 27 heavy (non-hydrogen) atoms. The highest BCUT2D eigenvalue weighted by Gasteiger charge is 2.56. The van der Waals surface area contributed by atoms with Crippen molar-refractivity contribution in [2.24, 2.45) is 0 Å². The minimum absolute atomic E-state index is 0.0928. The molecule has 0 amide bonds. The van der Waals surface area contributed by atoms with Gasteiger partial charge in [-0.05, 0) is 27.7 Å². The van der Waals surface area contributed by atoms with Crippen molar-refractivity contribution < 1.29 is 38.4 Å². The van der Waals surface area contributed by atoms with E-state index >= 15 is 0 Å². The fourth-order valence-electron chi connectivity index (χ4n) is 3.23. The van der Waals surface area contributed by atoms with Crippen molar-refractivity contribution in [1.82, 2.24) is 15.0 Å². The molecule has 2 aliphatic rings. The zero-order valence-corrected chi connectivity index (χ0v) is 15.6. The summed E-state index contributed by atoms with van der Waals surface area (Å²) in [6, 6.07) is -0.753. The lowest BCUT2D eigenvalue weighted by molar-refractivity contribution is -0.212. The molecule has 2 fully saturated rings. The molecule has 1 N–H and O–H groups in total. The van der Waals surface area contributed by atoms with Gasteiger partial charge in [0.05, 0.1) is 19.8 Å². The van der Waals surface area contributed by atoms with E-state index in [0.29, 0.717) is 0 Å². The number of hydrogen-bond donors (Lipinski definition) is 1. The Labute approximate surface area is 155 Å². The van der Waals surface area contributed by atoms with Crippen LogP contribution in [0.25, 0.3) is 0 Å². The molecule has 150 valence electrons. The number of esters is 2. The summed E-state index contributed by atoms with van der Waals surface area (Å²) in [5.74, 6) is -2.50. The van der Waals surface area contributed by atoms with E-state index in [1.807, 2.05) is 0 Å². The number of fused-ring (bicyclic) bond motifs is 1. The lowest BCUT2D eigenvalue weighted by Gasteiger charge is -2.25. The van der Waals surface area contributed by atoms with E-state index in [2.05, 4.69) is 10.3 Å². The predicted octanol–water partition coefficient (Wildman–Crippen LogP) is 0.0413. The molecule has 3 rings (SSSR count). The number of nitrogens with zero attached hydrogens (tertiary/aromatic N) is 3. The summed E-state index contributed by atoms with van der Waals surface area (Å²) >= 11 is 0. The molecule has 0 bridgehead atoms. The number of carbonyl (C=O) groups excluding carboxylic acids is 2. The normalized spacial score (nSPS) is 28.8. The number of aliphatic hydroxyl groups excluding tert-OH is 1. The quantitative estimate of drug-likeness (QED) is 0.670. The van der Waals surface area contributed by atoms with Crippen molar-refractivity contribution in [3.8, 4) is 0 Å². The molecular formula is C16H23N3O8. The van der Waals surface area contributed by atoms with Gasteiger partial charge < -0.3 is 28.8 Å². The molecule has 0 aromatic carbocycles. The molecule has 0 saturated carbocycles. The maximum atomic E-state index is 12.5. The summed E-state index contributed by atoms with van der Waals surface area (Å²) in [5.41, 5.74) is -0.454. The first-order valence-corrected chi connectivity index (χ1v) is 8.74. The molecule has 2 saturated heterocycles. The summed E-state index contributed by atoms with van der Waals surface area (Å²) in [7, 11) is 0. The summed E-state index contributed by atoms with van der Waals surface area (Å²) in [5, 5.41) is 17.5. The minimum atomic E-state index is -0.914. The number of aliphatic hydroxyl groups is 1. The average molecular weight is 385 g/mol. The fourth-order valence-corrected chi connectivity index (χ4v) is 3.23. The number of hydrogen-bond acceptors (Lipinski definition) is 10. The topological polar surface area (TPSA) is 131 Å². The van der Waals surface area contributed by atoms with Crippen molar-refractivity contribution in [2.45, 2.75) is 58.0 Å². The Morgan fingerprint density at radius 2 is 1.85 bits per heavy atom. The Hall–Kier alpha value is -2.08. The van der Waals surface area contributed by atoms with E-state index in [-0.39, 0.29) is 31.2 Å². The van der Waals surface area contributed by atoms with E-state index in [0.717, 1.165) is 0 Å². The second-order valence-corrected chi connectivity index (χ2v) is 6.49. The smallest absolute Gasteiger partial charge is 0.361 e. The molecular weight excluding hydrogens is 362 g/mol. The second-order valence-electron chi connectivity index (χ2n) is 6.49. The van der Waals surface area contributed by atoms with Gasteiger partial charge in [-0.3, -0.25) is 0 Å². The van der Waals surface area contributed by atoms with Crippen LogP contribution < -0.4 is 0 Å². The standard InChI is InChI=1S/C16H23N3O8/c1-5-23-13(21)9-11(14(22)24-6-2)19(18-17-9)10-8(7-20)25-15-12(10)26-16(3,4)27-15/h8,10,12,15,20H,5-7H2,1-4H3/t8-,10+,12-,15-/m1/s1. The Morgan fingerprint density at radius 3 is 2.48 bits per heavy atom. The summed E-state index contributed by atoms with van der Waals surface area (Å²) < 4.78 is 28.4. The zero-order chi connectivity index (χ0) is 19.8. The van der Waals surface area contributed by atoms with Gasteiger partial charge in [0.1, 0.15) is 18.2 Å². The summed E-state index contributed by atoms with van der Waals surface area (Å²) in [4.78, 5) is 24.7. The number of aromatic nitrogens is 3. The number of ether oxygens (including phenoxy) is 5. The highest BCUT2D eigenvalue weighted by Crippen LogP contribution is 2.43. The van der Waals surface area contributed by atoms with E-state index in [1.165, 1.54) is 4.68 Å². The van der Waals surface area contributed by atoms with Crippen LogP contribution in [0.3, 0.4) is 0 Å². The number of carbonyl (C=O) groups is 2. The molecule has 0 spiro atoms. The molecule has 0 aliphatic carbocycles. The van der Waals surface area contributed by atoms with Crippen molar-refractivity contribution in [3.63, 3.8) is 0 Å². The minimum Gasteiger partial charge on any atom is -0.461 e. The van der Waals surface area contributed by atoms with Crippen LogP contribution in [0.2, 0.25) is 0 Å². The third-order valence-corrected chi connectivity index (χ3v) is 4.21. The third-order valence-electron chi connectivity index (χ3n) is 4.21. The van der Waals surface area contributed by atoms with Crippen LogP contribution in [0.4, 0.5) is 0 Å². The van der Waals surface area contributed by atoms with Gasteiger partial charge in [-0.25, -0.2) is 14.3 Å². The van der Waals surface area contributed by atoms with Gasteiger partial charge in [-0.2, -0.15) is 0 Å². The lowest BCUT2D eigenvalue weighted by Crippen LogP contribution is -2.36. The van der Waals surface area contributed by atoms with Gasteiger partial charge in [0.15, 0.2) is 17.8 Å². The molecule has 11 nitrogen and oxygen atoms in total. The second kappa shape index (κ2) is 7.50. The summed E-state index contributed by atoms with van der Waals surface area (Å²) in [6.45, 7) is 6.54. The van der Waals surface area contributed by atoms with Crippen molar-refractivity contribution in [2.75, 3.05) is 19.8 Å². The van der Waals surface area contributed by atoms with Gasteiger partial charge >= 0.3 is 11.9 Å². The van der Waals surface area contributed by atoms with Crippen molar-refractivity contribution in [3.05, 3.63) is 11.4 Å². The van der Waals surface area contributed by atoms with Gasteiger partial charge in [-0.1, -0.05) is 5.21 Å². The molecule has 1 aromatic rings. The number of rotatable bonds is 6. The van der Waals surface area contributed by atoms with E-state index < -0.39 is 42.3 Å². The fraction of sp³-hybridized carbons (Fsp3) is 0.750. The average Bonchev–Trinajstić information content (AvgIpc) is 3.24. The highest BCUT2D eigenvalue weighted by atomic mass is 16.8. The first kappa shape index (κ1) is 19.7. The molecule has 0 radical (unpaired) electrons. The molecule has 2 aliphatic heterocycles. The van der Waals surface area contributed by atoms with Gasteiger partial charge in [-0.15, -0.1) is 5.10 Å². The van der Waals surface area contributed by atoms with Crippen LogP contribution >= 0.6 is 0 Å². The predicted molar refractivity (Wildman–Crippen MR) is 86.8 cm³/mol. The lowest BCUT2D eigenvalue weighted by atomic mass is 10.1. The first-order chi connectivity index (χ1) is 12.8. The van der Waals surface area contributed by atoms with E-state index in [9.17, 15) is 14.7 Å². The molecule has 0 unspecified atom stereocenters. The largest absolute Gasteiger partial charge is 0.461 e. The Morgan fingerprint density at radius 1 is 1.19 bits per heavy atom. The molecule has 4 atom stereocenters. The zero-order valence-electron chi connectivity index (χ0n) is 15.6. The van der Waals surface area contributed by atoms with Crippen LogP contribution in [0, 0.1) is 0 Å². The first-order valence-electron chi connectivity index (χ1n) is 8.74. The summed E-state index contributed by atoms with van der Waals surface area (Å²) in [6.07, 6.45) is -2.20.